The maximum Gasteiger partial charge on any atom is 0.337 e. The molecule has 6 heteroatoms. The van der Waals surface area contributed by atoms with E-state index in [-0.39, 0.29) is 12.3 Å². The fourth-order valence-electron chi connectivity index (χ4n) is 3.44. The summed E-state index contributed by atoms with van der Waals surface area (Å²) in [5.41, 5.74) is 2.34. The number of hydrogen-bond donors (Lipinski definition) is 0. The van der Waals surface area contributed by atoms with E-state index in [4.69, 9.17) is 4.74 Å². The number of esters is 2. The van der Waals surface area contributed by atoms with Gasteiger partial charge in [0.25, 0.3) is 0 Å². The molecule has 0 bridgehead atoms. The van der Waals surface area contributed by atoms with Gasteiger partial charge in [-0.3, -0.25) is 9.59 Å². The van der Waals surface area contributed by atoms with Crippen LogP contribution in [0.3, 0.4) is 0 Å². The summed E-state index contributed by atoms with van der Waals surface area (Å²) in [6.45, 7) is 4.54. The van der Waals surface area contributed by atoms with Crippen LogP contribution in [-0.4, -0.2) is 31.5 Å². The number of para-hydroxylation sites is 1. The van der Waals surface area contributed by atoms with Gasteiger partial charge in [0.15, 0.2) is 0 Å². The van der Waals surface area contributed by atoms with Crippen LogP contribution >= 0.6 is 0 Å². The SMILES string of the molecule is CC[C@@H](C)c1ccccc1N1C[C@@H](C(=O)Oc2ccc(C(=O)OC)cc2)CC1=O. The minimum Gasteiger partial charge on any atom is -0.465 e. The van der Waals surface area contributed by atoms with Crippen LogP contribution in [0.5, 0.6) is 5.75 Å². The summed E-state index contributed by atoms with van der Waals surface area (Å²) < 4.78 is 10.1. The molecule has 0 aromatic heterocycles. The third-order valence-corrected chi connectivity index (χ3v) is 5.32. The number of rotatable bonds is 6. The molecule has 2 atom stereocenters. The van der Waals surface area contributed by atoms with Crippen molar-refractivity contribution in [3.05, 3.63) is 59.7 Å². The van der Waals surface area contributed by atoms with E-state index in [1.54, 1.807) is 4.90 Å². The smallest absolute Gasteiger partial charge is 0.337 e. The predicted molar refractivity (Wildman–Crippen MR) is 109 cm³/mol. The lowest BCUT2D eigenvalue weighted by Crippen LogP contribution is -2.28. The Hall–Kier alpha value is -3.15. The van der Waals surface area contributed by atoms with Crippen LogP contribution in [0.15, 0.2) is 48.5 Å². The molecule has 0 N–H and O–H groups in total. The molecule has 2 aromatic carbocycles. The van der Waals surface area contributed by atoms with Crippen molar-refractivity contribution in [2.45, 2.75) is 32.6 Å². The zero-order valence-electron chi connectivity index (χ0n) is 16.9. The van der Waals surface area contributed by atoms with Gasteiger partial charge in [-0.2, -0.15) is 0 Å². The van der Waals surface area contributed by atoms with E-state index in [0.29, 0.717) is 23.8 Å². The first kappa shape index (κ1) is 20.6. The van der Waals surface area contributed by atoms with Crippen molar-refractivity contribution in [2.75, 3.05) is 18.6 Å². The second-order valence-electron chi connectivity index (χ2n) is 7.21. The molecule has 0 radical (unpaired) electrons. The maximum atomic E-state index is 12.6. The molecule has 29 heavy (non-hydrogen) atoms. The number of carbonyl (C=O) groups is 3. The molecule has 0 aliphatic carbocycles. The first-order valence-electron chi connectivity index (χ1n) is 9.74. The van der Waals surface area contributed by atoms with E-state index in [0.717, 1.165) is 17.7 Å². The molecule has 1 fully saturated rings. The Bertz CT molecular complexity index is 906. The van der Waals surface area contributed by atoms with Gasteiger partial charge in [0.2, 0.25) is 5.91 Å². The molecule has 1 amide bonds. The minimum atomic E-state index is -0.534. The highest BCUT2D eigenvalue weighted by molar-refractivity contribution is 6.00. The van der Waals surface area contributed by atoms with Crippen LogP contribution in [0.25, 0.3) is 0 Å². The monoisotopic (exact) mass is 395 g/mol. The molecule has 0 saturated carbocycles. The first-order chi connectivity index (χ1) is 13.9. The standard InChI is InChI=1S/C23H25NO5/c1-4-15(2)19-7-5-6-8-20(19)24-14-17(13-21(24)25)23(27)29-18-11-9-16(10-12-18)22(26)28-3/h5-12,15,17H,4,13-14H2,1-3H3/t15-,17+/m1/s1. The van der Waals surface area contributed by atoms with Crippen LogP contribution in [0.4, 0.5) is 5.69 Å². The summed E-state index contributed by atoms with van der Waals surface area (Å²) in [6.07, 6.45) is 1.08. The van der Waals surface area contributed by atoms with Crippen molar-refractivity contribution in [1.29, 1.82) is 0 Å². The quantitative estimate of drug-likeness (QED) is 0.547. The summed E-state index contributed by atoms with van der Waals surface area (Å²) in [4.78, 5) is 38.4. The molecular formula is C23H25NO5. The van der Waals surface area contributed by atoms with Crippen LogP contribution < -0.4 is 9.64 Å². The summed E-state index contributed by atoms with van der Waals surface area (Å²) in [5, 5.41) is 0. The van der Waals surface area contributed by atoms with E-state index in [9.17, 15) is 14.4 Å². The molecule has 1 aliphatic rings. The molecule has 0 unspecified atom stereocenters. The van der Waals surface area contributed by atoms with Gasteiger partial charge < -0.3 is 14.4 Å². The Kier molecular flexibility index (Phi) is 6.32. The average molecular weight is 395 g/mol. The molecule has 3 rings (SSSR count). The molecule has 2 aromatic rings. The maximum absolute atomic E-state index is 12.6. The fraction of sp³-hybridized carbons (Fsp3) is 0.348. The minimum absolute atomic E-state index is 0.0799. The number of nitrogens with zero attached hydrogens (tertiary/aromatic N) is 1. The van der Waals surface area contributed by atoms with Gasteiger partial charge in [0, 0.05) is 18.7 Å². The molecule has 1 heterocycles. The van der Waals surface area contributed by atoms with Crippen molar-refractivity contribution < 1.29 is 23.9 Å². The van der Waals surface area contributed by atoms with Crippen molar-refractivity contribution in [3.8, 4) is 5.75 Å². The van der Waals surface area contributed by atoms with Crippen LogP contribution in [0.1, 0.15) is 48.5 Å². The third kappa shape index (κ3) is 4.47. The van der Waals surface area contributed by atoms with Gasteiger partial charge in [-0.25, -0.2) is 4.79 Å². The van der Waals surface area contributed by atoms with Crippen molar-refractivity contribution in [3.63, 3.8) is 0 Å². The number of hydrogen-bond acceptors (Lipinski definition) is 5. The molecular weight excluding hydrogens is 370 g/mol. The van der Waals surface area contributed by atoms with E-state index < -0.39 is 17.9 Å². The highest BCUT2D eigenvalue weighted by atomic mass is 16.5. The Morgan fingerprint density at radius 1 is 1.14 bits per heavy atom. The fourth-order valence-corrected chi connectivity index (χ4v) is 3.44. The topological polar surface area (TPSA) is 72.9 Å². The lowest BCUT2D eigenvalue weighted by Gasteiger charge is -2.23. The lowest BCUT2D eigenvalue weighted by molar-refractivity contribution is -0.139. The van der Waals surface area contributed by atoms with Crippen molar-refractivity contribution in [2.24, 2.45) is 5.92 Å². The Balaban J connectivity index is 1.70. The van der Waals surface area contributed by atoms with Gasteiger partial charge in [0.05, 0.1) is 18.6 Å². The normalized spacial score (nSPS) is 17.1. The first-order valence-corrected chi connectivity index (χ1v) is 9.74. The number of methoxy groups -OCH3 is 1. The largest absolute Gasteiger partial charge is 0.465 e. The Morgan fingerprint density at radius 2 is 1.83 bits per heavy atom. The second-order valence-corrected chi connectivity index (χ2v) is 7.21. The number of benzene rings is 2. The summed E-state index contributed by atoms with van der Waals surface area (Å²) >= 11 is 0. The van der Waals surface area contributed by atoms with Crippen molar-refractivity contribution >= 4 is 23.5 Å². The van der Waals surface area contributed by atoms with Crippen LogP contribution in [-0.2, 0) is 14.3 Å². The molecule has 1 aliphatic heterocycles. The van der Waals surface area contributed by atoms with E-state index in [1.165, 1.54) is 31.4 Å². The van der Waals surface area contributed by atoms with E-state index in [2.05, 4.69) is 18.6 Å². The number of amides is 1. The molecule has 6 nitrogen and oxygen atoms in total. The van der Waals surface area contributed by atoms with Gasteiger partial charge in [-0.1, -0.05) is 32.0 Å². The number of anilines is 1. The Labute approximate surface area is 170 Å². The van der Waals surface area contributed by atoms with Gasteiger partial charge in [0.1, 0.15) is 5.75 Å². The highest BCUT2D eigenvalue weighted by Gasteiger charge is 2.37. The summed E-state index contributed by atoms with van der Waals surface area (Å²) in [5.74, 6) is -0.879. The number of ether oxygens (including phenoxy) is 2. The van der Waals surface area contributed by atoms with Crippen LogP contribution in [0, 0.1) is 5.92 Å². The Morgan fingerprint density at radius 3 is 2.48 bits per heavy atom. The summed E-state index contributed by atoms with van der Waals surface area (Å²) in [7, 11) is 1.30. The lowest BCUT2D eigenvalue weighted by atomic mass is 9.96. The molecule has 152 valence electrons. The number of carbonyl (C=O) groups excluding carboxylic acids is 3. The highest BCUT2D eigenvalue weighted by Crippen LogP contribution is 2.33. The molecule has 1 saturated heterocycles. The zero-order valence-corrected chi connectivity index (χ0v) is 16.9. The van der Waals surface area contributed by atoms with Crippen molar-refractivity contribution in [1.82, 2.24) is 0 Å². The third-order valence-electron chi connectivity index (χ3n) is 5.32. The summed E-state index contributed by atoms with van der Waals surface area (Å²) in [6, 6.07) is 14.0. The zero-order chi connectivity index (χ0) is 21.0. The van der Waals surface area contributed by atoms with E-state index in [1.807, 2.05) is 24.3 Å². The second kappa shape index (κ2) is 8.90. The molecule has 0 spiro atoms. The predicted octanol–water partition coefficient (Wildman–Crippen LogP) is 3.95. The van der Waals surface area contributed by atoms with Gasteiger partial charge in [-0.05, 0) is 48.2 Å². The van der Waals surface area contributed by atoms with Gasteiger partial charge >= 0.3 is 11.9 Å². The average Bonchev–Trinajstić information content (AvgIpc) is 3.14. The van der Waals surface area contributed by atoms with Crippen LogP contribution in [0.2, 0.25) is 0 Å². The van der Waals surface area contributed by atoms with Gasteiger partial charge in [-0.15, -0.1) is 0 Å². The van der Waals surface area contributed by atoms with E-state index >= 15 is 0 Å².